The Hall–Kier alpha value is -2.51. The molecule has 0 aromatic heterocycles. The van der Waals surface area contributed by atoms with Gasteiger partial charge in [0.25, 0.3) is 0 Å². The standard InChI is InChI=1S/C26H32F2N2O3/c1-30(2)26(18-6-4-3-5-7-18)12-10-17(11-13-26)14-20-21(27)8-9-23(24(20)28)33-19-15-22(25(31)32)29-16-19/h3-9,17,19,22,29H,10-16H2,1-2H3,(H,31,32)/t17?,19-,22-,26?/m0/s1. The lowest BCUT2D eigenvalue weighted by atomic mass is 9.70. The molecule has 2 N–H and O–H groups in total. The summed E-state index contributed by atoms with van der Waals surface area (Å²) in [5, 5.41) is 12.0. The first-order valence-corrected chi connectivity index (χ1v) is 11.6. The Morgan fingerprint density at radius 2 is 1.85 bits per heavy atom. The average Bonchev–Trinajstić information content (AvgIpc) is 3.28. The molecule has 1 saturated heterocycles. The molecule has 7 heteroatoms. The van der Waals surface area contributed by atoms with Crippen LogP contribution in [0.25, 0.3) is 0 Å². The van der Waals surface area contributed by atoms with Crippen molar-refractivity contribution in [2.75, 3.05) is 20.6 Å². The molecule has 1 aliphatic heterocycles. The van der Waals surface area contributed by atoms with Gasteiger partial charge in [-0.25, -0.2) is 8.78 Å². The highest BCUT2D eigenvalue weighted by Crippen LogP contribution is 2.44. The first kappa shape index (κ1) is 23.6. The molecule has 0 bridgehead atoms. The van der Waals surface area contributed by atoms with Crippen LogP contribution in [0.1, 0.15) is 43.2 Å². The first-order chi connectivity index (χ1) is 15.8. The summed E-state index contributed by atoms with van der Waals surface area (Å²) in [4.78, 5) is 13.4. The molecule has 0 spiro atoms. The summed E-state index contributed by atoms with van der Waals surface area (Å²) in [6.07, 6.45) is 3.73. The van der Waals surface area contributed by atoms with E-state index in [0.29, 0.717) is 13.0 Å². The molecule has 2 aromatic carbocycles. The van der Waals surface area contributed by atoms with Crippen molar-refractivity contribution < 1.29 is 23.4 Å². The maximum atomic E-state index is 15.2. The normalized spacial score (nSPS) is 27.6. The van der Waals surface area contributed by atoms with Gasteiger partial charge in [0.1, 0.15) is 18.0 Å². The van der Waals surface area contributed by atoms with Crippen LogP contribution in [0.15, 0.2) is 42.5 Å². The lowest BCUT2D eigenvalue weighted by Gasteiger charge is -2.45. The fourth-order valence-corrected chi connectivity index (χ4v) is 5.41. The number of hydrogen-bond donors (Lipinski definition) is 2. The van der Waals surface area contributed by atoms with Crippen molar-refractivity contribution in [3.63, 3.8) is 0 Å². The average molecular weight is 459 g/mol. The molecule has 2 aliphatic rings. The van der Waals surface area contributed by atoms with E-state index in [1.807, 2.05) is 6.07 Å². The van der Waals surface area contributed by atoms with Gasteiger partial charge in [-0.05, 0) is 69.8 Å². The summed E-state index contributed by atoms with van der Waals surface area (Å²) in [7, 11) is 4.19. The van der Waals surface area contributed by atoms with Crippen molar-refractivity contribution in [2.45, 2.75) is 56.2 Å². The third-order valence-electron chi connectivity index (χ3n) is 7.43. The number of rotatable bonds is 7. The van der Waals surface area contributed by atoms with Crippen molar-refractivity contribution in [2.24, 2.45) is 5.92 Å². The van der Waals surface area contributed by atoms with Crippen LogP contribution in [0, 0.1) is 17.6 Å². The van der Waals surface area contributed by atoms with Gasteiger partial charge in [-0.15, -0.1) is 0 Å². The summed E-state index contributed by atoms with van der Waals surface area (Å²) in [5.74, 6) is -2.00. The maximum Gasteiger partial charge on any atom is 0.320 e. The molecule has 1 saturated carbocycles. The van der Waals surface area contributed by atoms with Crippen molar-refractivity contribution in [3.8, 4) is 5.75 Å². The smallest absolute Gasteiger partial charge is 0.320 e. The van der Waals surface area contributed by atoms with E-state index >= 15 is 4.39 Å². The van der Waals surface area contributed by atoms with Crippen LogP contribution in [-0.2, 0) is 16.8 Å². The predicted octanol–water partition coefficient (Wildman–Crippen LogP) is 4.35. The van der Waals surface area contributed by atoms with Crippen LogP contribution in [0.2, 0.25) is 0 Å². The Morgan fingerprint density at radius 3 is 2.45 bits per heavy atom. The molecule has 1 heterocycles. The molecule has 1 aliphatic carbocycles. The largest absolute Gasteiger partial charge is 0.486 e. The van der Waals surface area contributed by atoms with E-state index in [1.165, 1.54) is 17.7 Å². The van der Waals surface area contributed by atoms with Gasteiger partial charge < -0.3 is 15.2 Å². The van der Waals surface area contributed by atoms with Crippen LogP contribution in [-0.4, -0.2) is 48.8 Å². The van der Waals surface area contributed by atoms with E-state index < -0.39 is 29.7 Å². The molecule has 0 amide bonds. The summed E-state index contributed by atoms with van der Waals surface area (Å²) >= 11 is 0. The highest BCUT2D eigenvalue weighted by Gasteiger charge is 2.39. The number of halogens is 2. The molecule has 5 nitrogen and oxygen atoms in total. The summed E-state index contributed by atoms with van der Waals surface area (Å²) < 4.78 is 35.6. The summed E-state index contributed by atoms with van der Waals surface area (Å²) in [6, 6.07) is 12.3. The number of ether oxygens (including phenoxy) is 1. The molecule has 4 rings (SSSR count). The van der Waals surface area contributed by atoms with Gasteiger partial charge in [0.2, 0.25) is 0 Å². The van der Waals surface area contributed by atoms with Gasteiger partial charge >= 0.3 is 5.97 Å². The zero-order valence-electron chi connectivity index (χ0n) is 19.2. The summed E-state index contributed by atoms with van der Waals surface area (Å²) in [6.45, 7) is 0.317. The summed E-state index contributed by atoms with van der Waals surface area (Å²) in [5.41, 5.74) is 1.29. The Kier molecular flexibility index (Phi) is 7.00. The molecule has 0 radical (unpaired) electrons. The highest BCUT2D eigenvalue weighted by molar-refractivity contribution is 5.73. The Balaban J connectivity index is 1.44. The molecule has 2 atom stereocenters. The Morgan fingerprint density at radius 1 is 1.15 bits per heavy atom. The van der Waals surface area contributed by atoms with Crippen LogP contribution in [0.4, 0.5) is 8.78 Å². The number of carboxylic acid groups (broad SMARTS) is 1. The lowest BCUT2D eigenvalue weighted by Crippen LogP contribution is -2.44. The second-order valence-electron chi connectivity index (χ2n) is 9.55. The fourth-order valence-electron chi connectivity index (χ4n) is 5.41. The van der Waals surface area contributed by atoms with E-state index in [-0.39, 0.29) is 29.2 Å². The highest BCUT2D eigenvalue weighted by atomic mass is 19.1. The Labute approximate surface area is 193 Å². The van der Waals surface area contributed by atoms with E-state index in [1.54, 1.807) is 0 Å². The van der Waals surface area contributed by atoms with E-state index in [9.17, 15) is 9.18 Å². The number of benzene rings is 2. The molecule has 2 fully saturated rings. The minimum atomic E-state index is -0.956. The van der Waals surface area contributed by atoms with Crippen LogP contribution in [0.5, 0.6) is 5.75 Å². The minimum Gasteiger partial charge on any atom is -0.486 e. The molecule has 33 heavy (non-hydrogen) atoms. The van der Waals surface area contributed by atoms with Gasteiger partial charge in [-0.1, -0.05) is 30.3 Å². The molecular formula is C26H32F2N2O3. The second-order valence-corrected chi connectivity index (χ2v) is 9.55. The van der Waals surface area contributed by atoms with Gasteiger partial charge in [0.05, 0.1) is 0 Å². The maximum absolute atomic E-state index is 15.2. The van der Waals surface area contributed by atoms with Crippen molar-refractivity contribution in [3.05, 3.63) is 65.2 Å². The topological polar surface area (TPSA) is 61.8 Å². The second kappa shape index (κ2) is 9.77. The van der Waals surface area contributed by atoms with E-state index in [4.69, 9.17) is 9.84 Å². The van der Waals surface area contributed by atoms with Crippen LogP contribution in [0.3, 0.4) is 0 Å². The van der Waals surface area contributed by atoms with Crippen molar-refractivity contribution >= 4 is 5.97 Å². The molecule has 0 unspecified atom stereocenters. The van der Waals surface area contributed by atoms with Crippen LogP contribution < -0.4 is 10.1 Å². The lowest BCUT2D eigenvalue weighted by molar-refractivity contribution is -0.139. The zero-order valence-corrected chi connectivity index (χ0v) is 19.2. The van der Waals surface area contributed by atoms with Gasteiger partial charge in [0.15, 0.2) is 11.6 Å². The van der Waals surface area contributed by atoms with Gasteiger partial charge in [-0.2, -0.15) is 0 Å². The SMILES string of the molecule is CN(C)C1(c2ccccc2)CCC(Cc2c(F)ccc(O[C@@H]3CN[C@H](C(=O)O)C3)c2F)CC1. The first-order valence-electron chi connectivity index (χ1n) is 11.6. The van der Waals surface area contributed by atoms with E-state index in [2.05, 4.69) is 48.6 Å². The number of aliphatic carboxylic acids is 1. The molecular weight excluding hydrogens is 426 g/mol. The minimum absolute atomic E-state index is 0.00743. The van der Waals surface area contributed by atoms with Gasteiger partial charge in [-0.3, -0.25) is 9.69 Å². The fraction of sp³-hybridized carbons (Fsp3) is 0.500. The number of nitrogens with zero attached hydrogens (tertiary/aromatic N) is 1. The van der Waals surface area contributed by atoms with Gasteiger partial charge in [0, 0.05) is 24.1 Å². The predicted molar refractivity (Wildman–Crippen MR) is 122 cm³/mol. The third-order valence-corrected chi connectivity index (χ3v) is 7.43. The number of carbonyl (C=O) groups is 1. The monoisotopic (exact) mass is 458 g/mol. The number of carboxylic acids is 1. The van der Waals surface area contributed by atoms with E-state index in [0.717, 1.165) is 25.7 Å². The zero-order chi connectivity index (χ0) is 23.6. The van der Waals surface area contributed by atoms with Crippen LogP contribution >= 0.6 is 0 Å². The molecule has 2 aromatic rings. The number of hydrogen-bond acceptors (Lipinski definition) is 4. The third kappa shape index (κ3) is 4.89. The van der Waals surface area contributed by atoms with Crippen molar-refractivity contribution in [1.29, 1.82) is 0 Å². The van der Waals surface area contributed by atoms with Crippen molar-refractivity contribution in [1.82, 2.24) is 10.2 Å². The Bertz CT molecular complexity index is 975. The number of nitrogens with one attached hydrogen (secondary N) is 1. The molecule has 178 valence electrons. The quantitative estimate of drug-likeness (QED) is 0.646.